The van der Waals surface area contributed by atoms with E-state index in [-0.39, 0.29) is 12.1 Å². The van der Waals surface area contributed by atoms with Gasteiger partial charge in [-0.2, -0.15) is 5.10 Å². The molecule has 0 saturated heterocycles. The maximum atomic E-state index is 13.8. The van der Waals surface area contributed by atoms with Crippen LogP contribution in [0, 0.1) is 27.7 Å². The van der Waals surface area contributed by atoms with Gasteiger partial charge in [0.1, 0.15) is 11.9 Å². The SMILES string of the molecule is COc1ccc(C2Nc3ccccc3C(=O)N2c2cc(C)cc(C)c2)cc1Cn1nc(C)c(Br)c1C. The third-order valence-electron chi connectivity index (χ3n) is 6.64. The highest BCUT2D eigenvalue weighted by Gasteiger charge is 2.34. The minimum Gasteiger partial charge on any atom is -0.496 e. The van der Waals surface area contributed by atoms with Crippen molar-refractivity contribution in [2.24, 2.45) is 0 Å². The third kappa shape index (κ3) is 4.28. The van der Waals surface area contributed by atoms with Crippen LogP contribution in [0.3, 0.4) is 0 Å². The number of methoxy groups -OCH3 is 1. The van der Waals surface area contributed by atoms with Crippen LogP contribution < -0.4 is 15.0 Å². The molecule has 184 valence electrons. The number of amides is 1. The average molecular weight is 545 g/mol. The van der Waals surface area contributed by atoms with Gasteiger partial charge in [0.05, 0.1) is 35.1 Å². The summed E-state index contributed by atoms with van der Waals surface area (Å²) in [6.07, 6.45) is -0.384. The van der Waals surface area contributed by atoms with E-state index in [2.05, 4.69) is 64.5 Å². The van der Waals surface area contributed by atoms with E-state index in [9.17, 15) is 4.79 Å². The van der Waals surface area contributed by atoms with Gasteiger partial charge in [-0.3, -0.25) is 14.4 Å². The van der Waals surface area contributed by atoms with E-state index in [1.807, 2.05) is 59.8 Å². The van der Waals surface area contributed by atoms with Gasteiger partial charge in [0.25, 0.3) is 5.91 Å². The largest absolute Gasteiger partial charge is 0.496 e. The van der Waals surface area contributed by atoms with Crippen molar-refractivity contribution in [3.05, 3.63) is 104 Å². The number of para-hydroxylation sites is 1. The van der Waals surface area contributed by atoms with Crippen molar-refractivity contribution < 1.29 is 9.53 Å². The zero-order valence-corrected chi connectivity index (χ0v) is 22.7. The molecule has 2 heterocycles. The summed E-state index contributed by atoms with van der Waals surface area (Å²) in [5.41, 5.74) is 8.53. The molecule has 36 heavy (non-hydrogen) atoms. The van der Waals surface area contributed by atoms with Crippen molar-refractivity contribution in [2.75, 3.05) is 17.3 Å². The first-order valence-corrected chi connectivity index (χ1v) is 12.7. The maximum absolute atomic E-state index is 13.8. The Hall–Kier alpha value is -3.58. The van der Waals surface area contributed by atoms with Gasteiger partial charge < -0.3 is 10.1 Å². The second-order valence-corrected chi connectivity index (χ2v) is 10.1. The van der Waals surface area contributed by atoms with Crippen molar-refractivity contribution in [3.8, 4) is 5.75 Å². The molecule has 7 heteroatoms. The molecule has 0 fully saturated rings. The molecule has 6 nitrogen and oxygen atoms in total. The fraction of sp³-hybridized carbons (Fsp3) is 0.241. The molecule has 0 aliphatic carbocycles. The van der Waals surface area contributed by atoms with Crippen LogP contribution in [0.1, 0.15) is 50.2 Å². The van der Waals surface area contributed by atoms with Crippen LogP contribution in [0.2, 0.25) is 0 Å². The number of hydrogen-bond donors (Lipinski definition) is 1. The Kier molecular flexibility index (Phi) is 6.35. The van der Waals surface area contributed by atoms with Crippen LogP contribution in [-0.4, -0.2) is 22.8 Å². The minimum atomic E-state index is -0.384. The molecule has 1 aliphatic heterocycles. The van der Waals surface area contributed by atoms with E-state index in [4.69, 9.17) is 4.74 Å². The summed E-state index contributed by atoms with van der Waals surface area (Å²) in [6, 6.07) is 20.0. The zero-order chi connectivity index (χ0) is 25.6. The summed E-state index contributed by atoms with van der Waals surface area (Å²) in [5, 5.41) is 8.30. The van der Waals surface area contributed by atoms with E-state index in [0.717, 1.165) is 55.2 Å². The van der Waals surface area contributed by atoms with Crippen molar-refractivity contribution in [1.29, 1.82) is 0 Å². The quantitative estimate of drug-likeness (QED) is 0.303. The maximum Gasteiger partial charge on any atom is 0.262 e. The highest BCUT2D eigenvalue weighted by molar-refractivity contribution is 9.10. The molecule has 0 spiro atoms. The molecule has 3 aromatic carbocycles. The first-order chi connectivity index (χ1) is 17.3. The number of carbonyl (C=O) groups excluding carboxylic acids is 1. The highest BCUT2D eigenvalue weighted by Crippen LogP contribution is 2.38. The van der Waals surface area contributed by atoms with Gasteiger partial charge in [0.2, 0.25) is 0 Å². The summed E-state index contributed by atoms with van der Waals surface area (Å²) in [6.45, 7) is 8.69. The number of hydrogen-bond acceptors (Lipinski definition) is 4. The molecular formula is C29H29BrN4O2. The van der Waals surface area contributed by atoms with Gasteiger partial charge in [-0.05, 0) is 96.7 Å². The summed E-state index contributed by atoms with van der Waals surface area (Å²) in [7, 11) is 1.68. The zero-order valence-electron chi connectivity index (χ0n) is 21.1. The molecule has 1 aliphatic rings. The fourth-order valence-electron chi connectivity index (χ4n) is 4.93. The Bertz CT molecular complexity index is 1460. The molecule has 1 atom stereocenters. The minimum absolute atomic E-state index is 0.0285. The lowest BCUT2D eigenvalue weighted by atomic mass is 9.99. The number of fused-ring (bicyclic) bond motifs is 1. The van der Waals surface area contributed by atoms with Gasteiger partial charge in [-0.1, -0.05) is 24.3 Å². The molecule has 0 bridgehead atoms. The van der Waals surface area contributed by atoms with Crippen LogP contribution in [0.4, 0.5) is 11.4 Å². The number of nitrogens with one attached hydrogen (secondary N) is 1. The number of aromatic nitrogens is 2. The van der Waals surface area contributed by atoms with Crippen LogP contribution in [0.5, 0.6) is 5.75 Å². The number of rotatable bonds is 5. The predicted octanol–water partition coefficient (Wildman–Crippen LogP) is 6.71. The first-order valence-electron chi connectivity index (χ1n) is 11.9. The summed E-state index contributed by atoms with van der Waals surface area (Å²) >= 11 is 3.62. The molecule has 5 rings (SSSR count). The average Bonchev–Trinajstić information content (AvgIpc) is 3.09. The van der Waals surface area contributed by atoms with Crippen molar-refractivity contribution in [1.82, 2.24) is 9.78 Å². The van der Waals surface area contributed by atoms with Crippen molar-refractivity contribution >= 4 is 33.2 Å². The van der Waals surface area contributed by atoms with Gasteiger partial charge in [0, 0.05) is 16.9 Å². The van der Waals surface area contributed by atoms with Crippen LogP contribution in [0.25, 0.3) is 0 Å². The fourth-order valence-corrected chi connectivity index (χ4v) is 5.21. The lowest BCUT2D eigenvalue weighted by molar-refractivity contribution is 0.0975. The van der Waals surface area contributed by atoms with Crippen LogP contribution >= 0.6 is 15.9 Å². The van der Waals surface area contributed by atoms with E-state index in [1.54, 1.807) is 7.11 Å². The normalized spacial score (nSPS) is 15.0. The number of carbonyl (C=O) groups is 1. The van der Waals surface area contributed by atoms with Crippen molar-refractivity contribution in [3.63, 3.8) is 0 Å². The van der Waals surface area contributed by atoms with Crippen LogP contribution in [-0.2, 0) is 6.54 Å². The van der Waals surface area contributed by atoms with Gasteiger partial charge >= 0.3 is 0 Å². The monoisotopic (exact) mass is 544 g/mol. The molecular weight excluding hydrogens is 516 g/mol. The standard InChI is InChI=1S/C29H29BrN4O2/c1-17-12-18(2)14-23(13-17)34-28(31-25-9-7-6-8-24(25)29(34)35)21-10-11-26(36-5)22(15-21)16-33-20(4)27(30)19(3)32-33/h6-15,28,31H,16H2,1-5H3. The Morgan fingerprint density at radius 3 is 2.39 bits per heavy atom. The molecule has 1 amide bonds. The van der Waals surface area contributed by atoms with E-state index < -0.39 is 0 Å². The second-order valence-electron chi connectivity index (χ2n) is 9.33. The Morgan fingerprint density at radius 2 is 1.72 bits per heavy atom. The third-order valence-corrected chi connectivity index (χ3v) is 7.79. The molecule has 0 saturated carbocycles. The highest BCUT2D eigenvalue weighted by atomic mass is 79.9. The van der Waals surface area contributed by atoms with E-state index in [1.165, 1.54) is 0 Å². The second kappa shape index (κ2) is 9.47. The number of anilines is 2. The Balaban J connectivity index is 1.63. The number of ether oxygens (including phenoxy) is 1. The molecule has 1 aromatic heterocycles. The lowest BCUT2D eigenvalue weighted by Gasteiger charge is -2.38. The number of nitrogens with zero attached hydrogens (tertiary/aromatic N) is 3. The number of aryl methyl sites for hydroxylation is 3. The number of halogens is 1. The predicted molar refractivity (Wildman–Crippen MR) is 147 cm³/mol. The number of benzene rings is 3. The van der Waals surface area contributed by atoms with Gasteiger partial charge in [-0.15, -0.1) is 0 Å². The summed E-state index contributed by atoms with van der Waals surface area (Å²) in [5.74, 6) is 0.752. The van der Waals surface area contributed by atoms with E-state index >= 15 is 0 Å². The van der Waals surface area contributed by atoms with Gasteiger partial charge in [-0.25, -0.2) is 0 Å². The topological polar surface area (TPSA) is 59.4 Å². The lowest BCUT2D eigenvalue weighted by Crippen LogP contribution is -2.43. The molecule has 1 N–H and O–H groups in total. The first kappa shape index (κ1) is 24.1. The molecule has 1 unspecified atom stereocenters. The van der Waals surface area contributed by atoms with Crippen LogP contribution in [0.15, 0.2) is 65.1 Å². The Morgan fingerprint density at radius 1 is 1.00 bits per heavy atom. The molecule has 0 radical (unpaired) electrons. The smallest absolute Gasteiger partial charge is 0.262 e. The molecule has 4 aromatic rings. The Labute approximate surface area is 220 Å². The summed E-state index contributed by atoms with van der Waals surface area (Å²) in [4.78, 5) is 15.7. The summed E-state index contributed by atoms with van der Waals surface area (Å²) < 4.78 is 8.68. The van der Waals surface area contributed by atoms with E-state index in [0.29, 0.717) is 12.1 Å². The van der Waals surface area contributed by atoms with Crippen molar-refractivity contribution in [2.45, 2.75) is 40.4 Å². The van der Waals surface area contributed by atoms with Gasteiger partial charge in [0.15, 0.2) is 0 Å².